The first-order valence-corrected chi connectivity index (χ1v) is 19.1. The molecular formula is C52H33N3O2. The molecule has 0 aliphatic heterocycles. The Morgan fingerprint density at radius 3 is 1.54 bits per heavy atom. The molecule has 57 heavy (non-hydrogen) atoms. The molecule has 4 heterocycles. The summed E-state index contributed by atoms with van der Waals surface area (Å²) in [6.07, 6.45) is 3.70. The zero-order chi connectivity index (χ0) is 37.9. The standard InChI is InChI=1S/C52H33N3O2/c1-32-11-2-3-13-39(32)52-54-46(30-47(55-52)41-15-5-4-14-40(41)35-12-10-24-53-31-35)38-26-36(33-20-22-50-44(28-33)42-16-6-8-18-48(42)56-50)25-37(27-38)34-21-23-51-45(29-34)43-17-7-9-19-49(43)57-51/h2-31H,1H3. The van der Waals surface area contributed by atoms with Crippen molar-refractivity contribution >= 4 is 43.9 Å². The SMILES string of the molecule is Cc1ccccc1-c1nc(-c2cc(-c3ccc4oc5ccccc5c4c3)cc(-c3ccc4oc5ccccc5c4c3)c2)cc(-c2ccccc2-c2cccnc2)n1. The molecule has 0 spiro atoms. The summed E-state index contributed by atoms with van der Waals surface area (Å²) >= 11 is 0. The van der Waals surface area contributed by atoms with Crippen LogP contribution in [0.1, 0.15) is 5.56 Å². The molecular weight excluding hydrogens is 699 g/mol. The van der Waals surface area contributed by atoms with Gasteiger partial charge in [-0.2, -0.15) is 0 Å². The van der Waals surface area contributed by atoms with Gasteiger partial charge in [-0.05, 0) is 107 Å². The zero-order valence-electron chi connectivity index (χ0n) is 31.0. The van der Waals surface area contributed by atoms with Crippen molar-refractivity contribution in [3.05, 3.63) is 188 Å². The highest BCUT2D eigenvalue weighted by molar-refractivity contribution is 6.07. The van der Waals surface area contributed by atoms with Crippen LogP contribution in [0.15, 0.2) is 191 Å². The van der Waals surface area contributed by atoms with Gasteiger partial charge in [-0.25, -0.2) is 9.97 Å². The maximum atomic E-state index is 6.23. The highest BCUT2D eigenvalue weighted by atomic mass is 16.3. The number of rotatable bonds is 6. The third-order valence-electron chi connectivity index (χ3n) is 10.9. The molecule has 0 unspecified atom stereocenters. The number of aromatic nitrogens is 3. The van der Waals surface area contributed by atoms with Gasteiger partial charge >= 0.3 is 0 Å². The van der Waals surface area contributed by atoms with Crippen LogP contribution in [0, 0.1) is 6.92 Å². The number of hydrogen-bond donors (Lipinski definition) is 0. The topological polar surface area (TPSA) is 65.0 Å². The summed E-state index contributed by atoms with van der Waals surface area (Å²) in [6.45, 7) is 2.11. The third kappa shape index (κ3) is 5.76. The van der Waals surface area contributed by atoms with E-state index in [0.29, 0.717) is 5.82 Å². The van der Waals surface area contributed by atoms with Crippen molar-refractivity contribution in [1.29, 1.82) is 0 Å². The van der Waals surface area contributed by atoms with Crippen LogP contribution < -0.4 is 0 Å². The minimum absolute atomic E-state index is 0.672. The molecule has 0 aliphatic rings. The van der Waals surface area contributed by atoms with E-state index in [1.165, 1.54) is 0 Å². The molecule has 0 amide bonds. The van der Waals surface area contributed by atoms with Crippen LogP contribution in [0.25, 0.3) is 111 Å². The zero-order valence-corrected chi connectivity index (χ0v) is 31.0. The number of pyridine rings is 1. The molecule has 5 heteroatoms. The summed E-state index contributed by atoms with van der Waals surface area (Å²) in [7, 11) is 0. The normalized spacial score (nSPS) is 11.6. The molecule has 0 saturated carbocycles. The van der Waals surface area contributed by atoms with Crippen molar-refractivity contribution in [2.24, 2.45) is 0 Å². The second kappa shape index (κ2) is 13.3. The van der Waals surface area contributed by atoms with Gasteiger partial charge in [-0.3, -0.25) is 4.98 Å². The Labute approximate surface area is 328 Å². The van der Waals surface area contributed by atoms with Crippen LogP contribution in [0.2, 0.25) is 0 Å². The van der Waals surface area contributed by atoms with Crippen LogP contribution in [0.3, 0.4) is 0 Å². The first kappa shape index (κ1) is 32.8. The lowest BCUT2D eigenvalue weighted by Crippen LogP contribution is -1.98. The Morgan fingerprint density at radius 2 is 0.912 bits per heavy atom. The number of furan rings is 2. The van der Waals surface area contributed by atoms with Crippen molar-refractivity contribution in [1.82, 2.24) is 15.0 Å². The molecule has 11 aromatic rings. The number of fused-ring (bicyclic) bond motifs is 6. The first-order chi connectivity index (χ1) is 28.1. The van der Waals surface area contributed by atoms with Gasteiger partial charge in [0, 0.05) is 56.2 Å². The van der Waals surface area contributed by atoms with E-state index in [-0.39, 0.29) is 0 Å². The average Bonchev–Trinajstić information content (AvgIpc) is 3.84. The summed E-state index contributed by atoms with van der Waals surface area (Å²) in [6, 6.07) is 59.0. The molecule has 0 aliphatic carbocycles. The predicted molar refractivity (Wildman–Crippen MR) is 232 cm³/mol. The van der Waals surface area contributed by atoms with E-state index in [1.807, 2.05) is 42.6 Å². The molecule has 0 atom stereocenters. The number of benzene rings is 7. The van der Waals surface area contributed by atoms with Crippen LogP contribution in [-0.4, -0.2) is 15.0 Å². The maximum Gasteiger partial charge on any atom is 0.160 e. The fraction of sp³-hybridized carbons (Fsp3) is 0.0192. The fourth-order valence-corrected chi connectivity index (χ4v) is 8.08. The second-order valence-corrected chi connectivity index (χ2v) is 14.5. The number of nitrogens with zero attached hydrogens (tertiary/aromatic N) is 3. The maximum absolute atomic E-state index is 6.23. The monoisotopic (exact) mass is 731 g/mol. The minimum atomic E-state index is 0.672. The van der Waals surface area contributed by atoms with Crippen LogP contribution >= 0.6 is 0 Å². The molecule has 11 rings (SSSR count). The molecule has 0 fully saturated rings. The van der Waals surface area contributed by atoms with Gasteiger partial charge in [0.15, 0.2) is 5.82 Å². The predicted octanol–water partition coefficient (Wildman–Crippen LogP) is 14.0. The molecule has 268 valence electrons. The van der Waals surface area contributed by atoms with E-state index in [1.54, 1.807) is 6.20 Å². The van der Waals surface area contributed by atoms with Crippen molar-refractivity contribution in [3.8, 4) is 67.3 Å². The van der Waals surface area contributed by atoms with Gasteiger partial charge in [0.2, 0.25) is 0 Å². The third-order valence-corrected chi connectivity index (χ3v) is 10.9. The average molecular weight is 732 g/mol. The Bertz CT molecular complexity index is 3190. The Kier molecular flexibility index (Phi) is 7.64. The number of aryl methyl sites for hydroxylation is 1. The lowest BCUT2D eigenvalue weighted by Gasteiger charge is -2.15. The summed E-state index contributed by atoms with van der Waals surface area (Å²) in [5.41, 5.74) is 15.6. The molecule has 0 saturated heterocycles. The number of para-hydroxylation sites is 2. The quantitative estimate of drug-likeness (QED) is 0.170. The molecule has 4 aromatic heterocycles. The summed E-state index contributed by atoms with van der Waals surface area (Å²) in [4.78, 5) is 15.0. The van der Waals surface area contributed by atoms with Crippen LogP contribution in [0.4, 0.5) is 0 Å². The van der Waals surface area contributed by atoms with Crippen molar-refractivity contribution in [3.63, 3.8) is 0 Å². The fourth-order valence-electron chi connectivity index (χ4n) is 8.08. The Balaban J connectivity index is 1.16. The molecule has 5 nitrogen and oxygen atoms in total. The van der Waals surface area contributed by atoms with E-state index in [9.17, 15) is 0 Å². The lowest BCUT2D eigenvalue weighted by molar-refractivity contribution is 0.668. The largest absolute Gasteiger partial charge is 0.456 e. The first-order valence-electron chi connectivity index (χ1n) is 19.1. The van der Waals surface area contributed by atoms with Gasteiger partial charge in [0.05, 0.1) is 11.4 Å². The molecule has 0 bridgehead atoms. The van der Waals surface area contributed by atoms with Gasteiger partial charge in [0.1, 0.15) is 22.3 Å². The van der Waals surface area contributed by atoms with Crippen molar-refractivity contribution in [2.75, 3.05) is 0 Å². The molecule has 7 aromatic carbocycles. The minimum Gasteiger partial charge on any atom is -0.456 e. The van der Waals surface area contributed by atoms with E-state index < -0.39 is 0 Å². The number of hydrogen-bond acceptors (Lipinski definition) is 5. The van der Waals surface area contributed by atoms with E-state index in [4.69, 9.17) is 18.8 Å². The lowest BCUT2D eigenvalue weighted by atomic mass is 9.93. The smallest absolute Gasteiger partial charge is 0.160 e. The van der Waals surface area contributed by atoms with Gasteiger partial charge in [-0.15, -0.1) is 0 Å². The van der Waals surface area contributed by atoms with E-state index in [0.717, 1.165) is 111 Å². The van der Waals surface area contributed by atoms with Gasteiger partial charge < -0.3 is 8.83 Å². The van der Waals surface area contributed by atoms with E-state index >= 15 is 0 Å². The van der Waals surface area contributed by atoms with Crippen LogP contribution in [0.5, 0.6) is 0 Å². The summed E-state index contributed by atoms with van der Waals surface area (Å²) in [5, 5.41) is 4.36. The van der Waals surface area contributed by atoms with Gasteiger partial charge in [-0.1, -0.05) is 103 Å². The second-order valence-electron chi connectivity index (χ2n) is 14.5. The Morgan fingerprint density at radius 1 is 0.368 bits per heavy atom. The van der Waals surface area contributed by atoms with E-state index in [2.05, 4.69) is 145 Å². The Hall–Kier alpha value is -7.63. The molecule has 0 radical (unpaired) electrons. The van der Waals surface area contributed by atoms with Crippen molar-refractivity contribution < 1.29 is 8.83 Å². The van der Waals surface area contributed by atoms with Crippen molar-refractivity contribution in [2.45, 2.75) is 6.92 Å². The summed E-state index contributed by atoms with van der Waals surface area (Å²) < 4.78 is 12.5. The molecule has 0 N–H and O–H groups in total. The highest BCUT2D eigenvalue weighted by Gasteiger charge is 2.18. The highest BCUT2D eigenvalue weighted by Crippen LogP contribution is 2.40. The van der Waals surface area contributed by atoms with Crippen LogP contribution in [-0.2, 0) is 0 Å². The van der Waals surface area contributed by atoms with Gasteiger partial charge in [0.25, 0.3) is 0 Å². The summed E-state index contributed by atoms with van der Waals surface area (Å²) in [5.74, 6) is 0.672.